The summed E-state index contributed by atoms with van der Waals surface area (Å²) < 4.78 is 16.4. The first-order valence-electron chi connectivity index (χ1n) is 9.49. The van der Waals surface area contributed by atoms with Crippen molar-refractivity contribution in [3.63, 3.8) is 0 Å². The normalized spacial score (nSPS) is 15.3. The van der Waals surface area contributed by atoms with Crippen molar-refractivity contribution in [1.29, 1.82) is 0 Å². The van der Waals surface area contributed by atoms with Gasteiger partial charge in [0.05, 0.1) is 6.61 Å². The molecule has 0 amide bonds. The van der Waals surface area contributed by atoms with Crippen molar-refractivity contribution in [1.82, 2.24) is 10.6 Å². The second kappa shape index (κ2) is 15.1. The van der Waals surface area contributed by atoms with Crippen LogP contribution in [0.1, 0.15) is 30.4 Å². The lowest BCUT2D eigenvalue weighted by atomic mass is 10.0. The van der Waals surface area contributed by atoms with E-state index in [1.807, 2.05) is 12.1 Å². The molecule has 7 heteroatoms. The van der Waals surface area contributed by atoms with Crippen LogP contribution in [-0.4, -0.2) is 53.1 Å². The van der Waals surface area contributed by atoms with Gasteiger partial charge in [-0.3, -0.25) is 4.99 Å². The van der Waals surface area contributed by atoms with Gasteiger partial charge in [-0.1, -0.05) is 24.3 Å². The van der Waals surface area contributed by atoms with Gasteiger partial charge in [0, 0.05) is 53.7 Å². The number of halogens is 1. The Morgan fingerprint density at radius 1 is 1.19 bits per heavy atom. The van der Waals surface area contributed by atoms with Crippen molar-refractivity contribution in [3.8, 4) is 0 Å². The number of nitrogens with zero attached hydrogens (tertiary/aromatic N) is 1. The first-order valence-corrected chi connectivity index (χ1v) is 9.49. The van der Waals surface area contributed by atoms with Crippen molar-refractivity contribution in [2.75, 3.05) is 47.1 Å². The number of guanidine groups is 1. The molecule has 27 heavy (non-hydrogen) atoms. The van der Waals surface area contributed by atoms with E-state index in [0.29, 0.717) is 12.5 Å². The van der Waals surface area contributed by atoms with Crippen molar-refractivity contribution in [2.45, 2.75) is 32.4 Å². The number of nitrogens with one attached hydrogen (secondary N) is 2. The van der Waals surface area contributed by atoms with Gasteiger partial charge >= 0.3 is 0 Å². The van der Waals surface area contributed by atoms with Crippen LogP contribution in [0.4, 0.5) is 0 Å². The Balaban J connectivity index is 0.00000364. The fraction of sp³-hybridized carbons (Fsp3) is 0.650. The Hall–Kier alpha value is -0.900. The van der Waals surface area contributed by atoms with Gasteiger partial charge in [0.25, 0.3) is 0 Å². The lowest BCUT2D eigenvalue weighted by Crippen LogP contribution is -2.37. The molecule has 0 spiro atoms. The van der Waals surface area contributed by atoms with Gasteiger partial charge in [-0.25, -0.2) is 0 Å². The number of ether oxygens (including phenoxy) is 3. The van der Waals surface area contributed by atoms with Crippen LogP contribution in [0.25, 0.3) is 0 Å². The maximum Gasteiger partial charge on any atom is 0.191 e. The summed E-state index contributed by atoms with van der Waals surface area (Å²) in [6.07, 6.45) is 3.21. The SMILES string of the molecule is CN=C(NCCCOCC1CCOCC1)NCc1ccccc1COC.I. The molecule has 2 rings (SSSR count). The summed E-state index contributed by atoms with van der Waals surface area (Å²) >= 11 is 0. The van der Waals surface area contributed by atoms with Gasteiger partial charge in [0.2, 0.25) is 0 Å². The average molecular weight is 491 g/mol. The Labute approximate surface area is 180 Å². The molecule has 154 valence electrons. The quantitative estimate of drug-likeness (QED) is 0.228. The highest BCUT2D eigenvalue weighted by atomic mass is 127. The van der Waals surface area contributed by atoms with E-state index < -0.39 is 0 Å². The van der Waals surface area contributed by atoms with E-state index in [0.717, 1.165) is 64.7 Å². The molecule has 1 aromatic carbocycles. The minimum Gasteiger partial charge on any atom is -0.381 e. The zero-order valence-corrected chi connectivity index (χ0v) is 18.9. The molecule has 1 aliphatic rings. The van der Waals surface area contributed by atoms with E-state index in [4.69, 9.17) is 14.2 Å². The van der Waals surface area contributed by atoms with Crippen molar-refractivity contribution >= 4 is 29.9 Å². The van der Waals surface area contributed by atoms with Gasteiger partial charge in [0.15, 0.2) is 5.96 Å². The van der Waals surface area contributed by atoms with Crippen LogP contribution < -0.4 is 10.6 Å². The molecule has 0 saturated carbocycles. The number of hydrogen-bond acceptors (Lipinski definition) is 4. The van der Waals surface area contributed by atoms with Crippen LogP contribution in [0.15, 0.2) is 29.3 Å². The number of benzene rings is 1. The minimum absolute atomic E-state index is 0. The Bertz CT molecular complexity index is 537. The predicted octanol–water partition coefficient (Wildman–Crippen LogP) is 2.95. The third-order valence-electron chi connectivity index (χ3n) is 4.54. The molecular formula is C20H34IN3O3. The van der Waals surface area contributed by atoms with Gasteiger partial charge < -0.3 is 24.8 Å². The predicted molar refractivity (Wildman–Crippen MR) is 120 cm³/mol. The van der Waals surface area contributed by atoms with E-state index in [9.17, 15) is 0 Å². The lowest BCUT2D eigenvalue weighted by Gasteiger charge is -2.21. The molecule has 1 saturated heterocycles. The van der Waals surface area contributed by atoms with Gasteiger partial charge in [-0.05, 0) is 36.3 Å². The van der Waals surface area contributed by atoms with Gasteiger partial charge in [0.1, 0.15) is 0 Å². The summed E-state index contributed by atoms with van der Waals surface area (Å²) in [6.45, 7) is 5.57. The Kier molecular flexibility index (Phi) is 13.5. The van der Waals surface area contributed by atoms with E-state index in [-0.39, 0.29) is 24.0 Å². The van der Waals surface area contributed by atoms with E-state index >= 15 is 0 Å². The van der Waals surface area contributed by atoms with Crippen molar-refractivity contribution < 1.29 is 14.2 Å². The van der Waals surface area contributed by atoms with E-state index in [2.05, 4.69) is 27.8 Å². The minimum atomic E-state index is 0. The maximum atomic E-state index is 5.79. The summed E-state index contributed by atoms with van der Waals surface area (Å²) in [5.74, 6) is 1.47. The third-order valence-corrected chi connectivity index (χ3v) is 4.54. The standard InChI is InChI=1S/C20H33N3O3.HI/c1-21-20(23-14-18-6-3-4-7-19(18)16-24-2)22-10-5-11-26-15-17-8-12-25-13-9-17;/h3-4,6-7,17H,5,8-16H2,1-2H3,(H2,21,22,23);1H. The molecule has 0 atom stereocenters. The fourth-order valence-corrected chi connectivity index (χ4v) is 2.97. The van der Waals surface area contributed by atoms with Crippen LogP contribution in [0, 0.1) is 5.92 Å². The molecule has 1 aromatic rings. The highest BCUT2D eigenvalue weighted by molar-refractivity contribution is 14.0. The smallest absolute Gasteiger partial charge is 0.191 e. The topological polar surface area (TPSA) is 64.1 Å². The second-order valence-corrected chi connectivity index (χ2v) is 6.54. The molecule has 1 heterocycles. The van der Waals surface area contributed by atoms with Gasteiger partial charge in [-0.2, -0.15) is 0 Å². The van der Waals surface area contributed by atoms with Crippen molar-refractivity contribution in [3.05, 3.63) is 35.4 Å². The third kappa shape index (κ3) is 9.73. The molecular weight excluding hydrogens is 457 g/mol. The van der Waals surface area contributed by atoms with Crippen LogP contribution in [-0.2, 0) is 27.4 Å². The van der Waals surface area contributed by atoms with Crippen LogP contribution in [0.3, 0.4) is 0 Å². The summed E-state index contributed by atoms with van der Waals surface area (Å²) in [7, 11) is 3.51. The number of aliphatic imine (C=N–C) groups is 1. The molecule has 6 nitrogen and oxygen atoms in total. The second-order valence-electron chi connectivity index (χ2n) is 6.54. The number of methoxy groups -OCH3 is 1. The molecule has 1 aliphatic heterocycles. The Morgan fingerprint density at radius 2 is 1.93 bits per heavy atom. The first kappa shape index (κ1) is 24.1. The van der Waals surface area contributed by atoms with Crippen molar-refractivity contribution in [2.24, 2.45) is 10.9 Å². The monoisotopic (exact) mass is 491 g/mol. The average Bonchev–Trinajstić information content (AvgIpc) is 2.69. The zero-order chi connectivity index (χ0) is 18.5. The van der Waals surface area contributed by atoms with E-state index in [1.54, 1.807) is 14.2 Å². The summed E-state index contributed by atoms with van der Waals surface area (Å²) in [4.78, 5) is 4.28. The molecule has 2 N–H and O–H groups in total. The molecule has 1 fully saturated rings. The van der Waals surface area contributed by atoms with Crippen LogP contribution in [0.2, 0.25) is 0 Å². The molecule has 0 radical (unpaired) electrons. The Morgan fingerprint density at radius 3 is 2.63 bits per heavy atom. The van der Waals surface area contributed by atoms with Crippen LogP contribution in [0.5, 0.6) is 0 Å². The fourth-order valence-electron chi connectivity index (χ4n) is 2.97. The number of rotatable bonds is 10. The van der Waals surface area contributed by atoms with Crippen LogP contribution >= 0.6 is 24.0 Å². The highest BCUT2D eigenvalue weighted by Gasteiger charge is 2.13. The molecule has 0 aliphatic carbocycles. The highest BCUT2D eigenvalue weighted by Crippen LogP contribution is 2.14. The summed E-state index contributed by atoms with van der Waals surface area (Å²) in [5, 5.41) is 6.69. The summed E-state index contributed by atoms with van der Waals surface area (Å²) in [5.41, 5.74) is 2.41. The molecule has 0 aromatic heterocycles. The number of hydrogen-bond donors (Lipinski definition) is 2. The summed E-state index contributed by atoms with van der Waals surface area (Å²) in [6, 6.07) is 8.28. The molecule has 0 bridgehead atoms. The van der Waals surface area contributed by atoms with E-state index in [1.165, 1.54) is 11.1 Å². The lowest BCUT2D eigenvalue weighted by molar-refractivity contribution is 0.0203. The molecule has 0 unspecified atom stereocenters. The van der Waals surface area contributed by atoms with Gasteiger partial charge in [-0.15, -0.1) is 24.0 Å². The first-order chi connectivity index (χ1) is 12.8. The largest absolute Gasteiger partial charge is 0.381 e. The maximum absolute atomic E-state index is 5.79. The zero-order valence-electron chi connectivity index (χ0n) is 16.5.